The van der Waals surface area contributed by atoms with Gasteiger partial charge in [-0.15, -0.1) is 0 Å². The van der Waals surface area contributed by atoms with Crippen molar-refractivity contribution in [1.82, 2.24) is 4.90 Å². The van der Waals surface area contributed by atoms with Crippen LogP contribution in [-0.4, -0.2) is 37.0 Å². The molecule has 1 saturated heterocycles. The highest BCUT2D eigenvalue weighted by atomic mass is 16.2. The van der Waals surface area contributed by atoms with E-state index in [4.69, 9.17) is 0 Å². The maximum atomic E-state index is 11.5. The van der Waals surface area contributed by atoms with Gasteiger partial charge in [0.15, 0.2) is 0 Å². The molecule has 1 aliphatic rings. The van der Waals surface area contributed by atoms with Crippen LogP contribution in [-0.2, 0) is 4.79 Å². The lowest BCUT2D eigenvalue weighted by Gasteiger charge is -2.33. The first-order chi connectivity index (χ1) is 12.6. The van der Waals surface area contributed by atoms with Gasteiger partial charge in [0, 0.05) is 38.8 Å². The van der Waals surface area contributed by atoms with Crippen molar-refractivity contribution in [1.29, 1.82) is 0 Å². The molecule has 1 aliphatic heterocycles. The quantitative estimate of drug-likeness (QED) is 0.849. The topological polar surface area (TPSA) is 35.6 Å². The lowest BCUT2D eigenvalue weighted by Crippen LogP contribution is -2.41. The normalized spacial score (nSPS) is 14.2. The molecule has 1 heterocycles. The molecule has 1 fully saturated rings. The Morgan fingerprint density at radius 1 is 1.00 bits per heavy atom. The third-order valence-electron chi connectivity index (χ3n) is 4.71. The Hall–Kier alpha value is -2.49. The van der Waals surface area contributed by atoms with Crippen molar-refractivity contribution in [3.8, 4) is 0 Å². The van der Waals surface area contributed by atoms with E-state index in [1.807, 2.05) is 24.8 Å². The highest BCUT2D eigenvalue weighted by Crippen LogP contribution is 2.31. The van der Waals surface area contributed by atoms with Crippen LogP contribution in [0.4, 0.5) is 17.1 Å². The van der Waals surface area contributed by atoms with Gasteiger partial charge in [0.05, 0.1) is 11.4 Å². The predicted molar refractivity (Wildman–Crippen MR) is 111 cm³/mol. The van der Waals surface area contributed by atoms with E-state index in [0.717, 1.165) is 43.0 Å². The molecule has 1 N–H and O–H groups in total. The first kappa shape index (κ1) is 19.8. The van der Waals surface area contributed by atoms with E-state index in [-0.39, 0.29) is 5.91 Å². The lowest BCUT2D eigenvalue weighted by atomic mass is 10.0. The van der Waals surface area contributed by atoms with Crippen molar-refractivity contribution >= 4 is 23.0 Å². The Labute approximate surface area is 157 Å². The molecular weight excluding hydrogens is 322 g/mol. The van der Waals surface area contributed by atoms with E-state index in [2.05, 4.69) is 65.8 Å². The number of piperidine rings is 1. The molecule has 140 valence electrons. The van der Waals surface area contributed by atoms with E-state index in [9.17, 15) is 4.79 Å². The van der Waals surface area contributed by atoms with Gasteiger partial charge in [0.1, 0.15) is 0 Å². The van der Waals surface area contributed by atoms with Gasteiger partial charge in [-0.2, -0.15) is 0 Å². The van der Waals surface area contributed by atoms with Crippen LogP contribution < -0.4 is 10.2 Å². The molecule has 0 atom stereocenters. The van der Waals surface area contributed by atoms with Gasteiger partial charge in [-0.05, 0) is 37.1 Å². The molecule has 3 rings (SSSR count). The first-order valence-corrected chi connectivity index (χ1v) is 9.55. The number of hydrogen-bond acceptors (Lipinski definition) is 3. The third kappa shape index (κ3) is 5.01. The molecule has 4 heteroatoms. The lowest BCUT2D eigenvalue weighted by molar-refractivity contribution is -0.129. The van der Waals surface area contributed by atoms with E-state index in [1.165, 1.54) is 0 Å². The van der Waals surface area contributed by atoms with Crippen LogP contribution in [0, 0.1) is 0 Å². The number of para-hydroxylation sites is 3. The molecule has 0 bridgehead atoms. The van der Waals surface area contributed by atoms with Gasteiger partial charge in [-0.1, -0.05) is 44.2 Å². The van der Waals surface area contributed by atoms with Crippen LogP contribution in [0.3, 0.4) is 0 Å². The largest absolute Gasteiger partial charge is 0.380 e. The Bertz CT molecular complexity index is 679. The minimum Gasteiger partial charge on any atom is -0.380 e. The number of likely N-dealkylation sites (tertiary alicyclic amines) is 1. The fourth-order valence-corrected chi connectivity index (χ4v) is 3.24. The summed E-state index contributed by atoms with van der Waals surface area (Å²) in [6.45, 7) is 7.32. The predicted octanol–water partition coefficient (Wildman–Crippen LogP) is 4.90. The molecule has 2 aromatic rings. The van der Waals surface area contributed by atoms with Crippen LogP contribution in [0.15, 0.2) is 54.6 Å². The maximum Gasteiger partial charge on any atom is 0.219 e. The standard InChI is InChI=1S/C20H25N3O.C2H6/c1-16(24)23-14-12-17(13-15-23)21-19-10-6-7-11-20(19)22(2)18-8-4-3-5-9-18;1-2/h3-11,17,21H,12-15H2,1-2H3;1-2H3. The summed E-state index contributed by atoms with van der Waals surface area (Å²) in [6, 6.07) is 19.2. The van der Waals surface area contributed by atoms with Crippen molar-refractivity contribution in [3.05, 3.63) is 54.6 Å². The van der Waals surface area contributed by atoms with Crippen LogP contribution in [0.1, 0.15) is 33.6 Å². The summed E-state index contributed by atoms with van der Waals surface area (Å²) >= 11 is 0. The van der Waals surface area contributed by atoms with Crippen LogP contribution >= 0.6 is 0 Å². The molecule has 0 unspecified atom stereocenters. The number of anilines is 3. The van der Waals surface area contributed by atoms with Gasteiger partial charge in [-0.3, -0.25) is 4.79 Å². The highest BCUT2D eigenvalue weighted by Gasteiger charge is 2.21. The van der Waals surface area contributed by atoms with Crippen LogP contribution in [0.2, 0.25) is 0 Å². The summed E-state index contributed by atoms with van der Waals surface area (Å²) < 4.78 is 0. The summed E-state index contributed by atoms with van der Waals surface area (Å²) in [4.78, 5) is 15.6. The van der Waals surface area contributed by atoms with Gasteiger partial charge >= 0.3 is 0 Å². The maximum absolute atomic E-state index is 11.5. The van der Waals surface area contributed by atoms with Crippen molar-refractivity contribution in [2.24, 2.45) is 0 Å². The average molecular weight is 354 g/mol. The molecule has 1 amide bonds. The average Bonchev–Trinajstić information content (AvgIpc) is 2.70. The first-order valence-electron chi connectivity index (χ1n) is 9.55. The minimum atomic E-state index is 0.178. The van der Waals surface area contributed by atoms with Gasteiger partial charge < -0.3 is 15.1 Å². The van der Waals surface area contributed by atoms with Crippen molar-refractivity contribution < 1.29 is 4.79 Å². The van der Waals surface area contributed by atoms with Crippen molar-refractivity contribution in [3.63, 3.8) is 0 Å². The van der Waals surface area contributed by atoms with E-state index >= 15 is 0 Å². The van der Waals surface area contributed by atoms with Crippen LogP contribution in [0.5, 0.6) is 0 Å². The Morgan fingerprint density at radius 2 is 1.58 bits per heavy atom. The molecule has 0 saturated carbocycles. The summed E-state index contributed by atoms with van der Waals surface area (Å²) in [5.41, 5.74) is 3.47. The Morgan fingerprint density at radius 3 is 2.19 bits per heavy atom. The van der Waals surface area contributed by atoms with Gasteiger partial charge in [0.25, 0.3) is 0 Å². The van der Waals surface area contributed by atoms with Crippen molar-refractivity contribution in [2.75, 3.05) is 30.4 Å². The second-order valence-electron chi connectivity index (χ2n) is 6.34. The number of rotatable bonds is 4. The summed E-state index contributed by atoms with van der Waals surface area (Å²) in [7, 11) is 2.09. The summed E-state index contributed by atoms with van der Waals surface area (Å²) in [5.74, 6) is 0.178. The number of hydrogen-bond donors (Lipinski definition) is 1. The third-order valence-corrected chi connectivity index (χ3v) is 4.71. The zero-order valence-corrected chi connectivity index (χ0v) is 16.4. The van der Waals surface area contributed by atoms with Crippen LogP contribution in [0.25, 0.3) is 0 Å². The number of nitrogens with zero attached hydrogens (tertiary/aromatic N) is 2. The number of amides is 1. The molecule has 0 aromatic heterocycles. The highest BCUT2D eigenvalue weighted by molar-refractivity contribution is 5.76. The Balaban J connectivity index is 0.00000117. The van der Waals surface area contributed by atoms with E-state index < -0.39 is 0 Å². The molecule has 0 spiro atoms. The second-order valence-corrected chi connectivity index (χ2v) is 6.34. The second kappa shape index (κ2) is 9.85. The zero-order chi connectivity index (χ0) is 18.9. The smallest absolute Gasteiger partial charge is 0.219 e. The van der Waals surface area contributed by atoms with E-state index in [0.29, 0.717) is 6.04 Å². The molecule has 2 aromatic carbocycles. The van der Waals surface area contributed by atoms with E-state index in [1.54, 1.807) is 6.92 Å². The zero-order valence-electron chi connectivity index (χ0n) is 16.4. The number of carbonyl (C=O) groups excluding carboxylic acids is 1. The molecule has 0 aliphatic carbocycles. The summed E-state index contributed by atoms with van der Waals surface area (Å²) in [5, 5.41) is 3.68. The SMILES string of the molecule is CC.CC(=O)N1CCC(Nc2ccccc2N(C)c2ccccc2)CC1. The molecule has 4 nitrogen and oxygen atoms in total. The summed E-state index contributed by atoms with van der Waals surface area (Å²) in [6.07, 6.45) is 1.98. The molecule has 0 radical (unpaired) electrons. The minimum absolute atomic E-state index is 0.178. The number of benzene rings is 2. The Kier molecular flexibility index (Phi) is 7.52. The van der Waals surface area contributed by atoms with Gasteiger partial charge in [-0.25, -0.2) is 0 Å². The van der Waals surface area contributed by atoms with Crippen molar-refractivity contribution in [2.45, 2.75) is 39.7 Å². The fraction of sp³-hybridized carbons (Fsp3) is 0.409. The molecular formula is C22H31N3O. The van der Waals surface area contributed by atoms with Gasteiger partial charge in [0.2, 0.25) is 5.91 Å². The number of carbonyl (C=O) groups is 1. The molecule has 26 heavy (non-hydrogen) atoms. The monoisotopic (exact) mass is 353 g/mol. The number of nitrogens with one attached hydrogen (secondary N) is 1. The fourth-order valence-electron chi connectivity index (χ4n) is 3.24.